The minimum absolute atomic E-state index is 0.272. The van der Waals surface area contributed by atoms with Crippen molar-refractivity contribution < 1.29 is 28.4 Å². The first-order valence-electron chi connectivity index (χ1n) is 5.13. The van der Waals surface area contributed by atoms with Crippen molar-refractivity contribution >= 4 is 21.6 Å². The summed E-state index contributed by atoms with van der Waals surface area (Å²) in [6.07, 6.45) is 0. The molecule has 0 aromatic heterocycles. The fraction of sp³-hybridized carbons (Fsp3) is 1.00. The second-order valence-corrected chi connectivity index (χ2v) is 5.79. The van der Waals surface area contributed by atoms with Crippen LogP contribution in [0.5, 0.6) is 0 Å². The van der Waals surface area contributed by atoms with Crippen LogP contribution in [0.15, 0.2) is 0 Å². The van der Waals surface area contributed by atoms with Crippen LogP contribution in [0.2, 0.25) is 0 Å². The van der Waals surface area contributed by atoms with Gasteiger partial charge in [0.25, 0.3) is 10.2 Å². The molecule has 0 aromatic carbocycles. The highest BCUT2D eigenvalue weighted by Gasteiger charge is 2.39. The highest BCUT2D eigenvalue weighted by molar-refractivity contribution is 8.77. The molecule has 0 atom stereocenters. The maximum Gasteiger partial charge on any atom is 0.252 e. The second-order valence-electron chi connectivity index (χ2n) is 3.22. The number of methoxy groups -OCH3 is 6. The summed E-state index contributed by atoms with van der Waals surface area (Å²) >= 11 is 0. The van der Waals surface area contributed by atoms with E-state index in [0.29, 0.717) is 0 Å². The van der Waals surface area contributed by atoms with Gasteiger partial charge in [0.05, 0.1) is 0 Å². The Morgan fingerprint density at radius 3 is 1.06 bits per heavy atom. The van der Waals surface area contributed by atoms with Crippen LogP contribution in [0, 0.1) is 0 Å². The molecule has 6 nitrogen and oxygen atoms in total. The molecule has 0 radical (unpaired) electrons. The first-order chi connectivity index (χ1) is 8.57. The molecule has 0 bridgehead atoms. The van der Waals surface area contributed by atoms with E-state index in [1.165, 1.54) is 21.6 Å². The van der Waals surface area contributed by atoms with Crippen molar-refractivity contribution in [1.29, 1.82) is 0 Å². The van der Waals surface area contributed by atoms with Gasteiger partial charge in [-0.05, 0) is 21.6 Å². The van der Waals surface area contributed by atoms with Crippen LogP contribution in [0.25, 0.3) is 0 Å². The van der Waals surface area contributed by atoms with Crippen LogP contribution >= 0.6 is 21.6 Å². The van der Waals surface area contributed by atoms with Gasteiger partial charge in [0.1, 0.15) is 13.2 Å². The Morgan fingerprint density at radius 1 is 0.611 bits per heavy atom. The van der Waals surface area contributed by atoms with Crippen molar-refractivity contribution in [3.05, 3.63) is 0 Å². The first kappa shape index (κ1) is 18.5. The first-order valence-corrected chi connectivity index (χ1v) is 7.28. The van der Waals surface area contributed by atoms with E-state index in [0.717, 1.165) is 0 Å². The Labute approximate surface area is 116 Å². The van der Waals surface area contributed by atoms with Crippen molar-refractivity contribution in [3.8, 4) is 0 Å². The molecule has 0 aliphatic rings. The Kier molecular flexibility index (Phi) is 9.62. The van der Waals surface area contributed by atoms with Gasteiger partial charge in [-0.3, -0.25) is 0 Å². The zero-order valence-corrected chi connectivity index (χ0v) is 13.3. The fourth-order valence-electron chi connectivity index (χ4n) is 1.07. The molecule has 0 unspecified atom stereocenters. The average Bonchev–Trinajstić information content (AvgIpc) is 2.42. The SMILES string of the molecule is COCC(OC)(OC)SSC(COC)(OC)OC. The Bertz CT molecular complexity index is 187. The lowest BCUT2D eigenvalue weighted by atomic mass is 10.7. The molecular formula is C10H22O6S2. The van der Waals surface area contributed by atoms with E-state index in [2.05, 4.69) is 0 Å². The maximum absolute atomic E-state index is 5.33. The highest BCUT2D eigenvalue weighted by Crippen LogP contribution is 2.45. The van der Waals surface area contributed by atoms with Crippen molar-refractivity contribution in [2.24, 2.45) is 0 Å². The van der Waals surface area contributed by atoms with Gasteiger partial charge in [-0.2, -0.15) is 0 Å². The third kappa shape index (κ3) is 5.22. The van der Waals surface area contributed by atoms with Crippen LogP contribution in [0.4, 0.5) is 0 Å². The summed E-state index contributed by atoms with van der Waals surface area (Å²) in [6.45, 7) is 0.544. The van der Waals surface area contributed by atoms with Gasteiger partial charge in [0.15, 0.2) is 0 Å². The molecule has 0 aliphatic carbocycles. The summed E-state index contributed by atoms with van der Waals surface area (Å²) in [5.74, 6) is 0. The number of hydrogen-bond acceptors (Lipinski definition) is 8. The van der Waals surface area contributed by atoms with Crippen LogP contribution in [0.3, 0.4) is 0 Å². The third-order valence-electron chi connectivity index (χ3n) is 2.18. The molecule has 0 aliphatic heterocycles. The van der Waals surface area contributed by atoms with Gasteiger partial charge in [-0.25, -0.2) is 0 Å². The summed E-state index contributed by atoms with van der Waals surface area (Å²) in [6, 6.07) is 0. The lowest BCUT2D eigenvalue weighted by molar-refractivity contribution is -0.166. The zero-order chi connectivity index (χ0) is 14.1. The molecule has 0 saturated carbocycles. The van der Waals surface area contributed by atoms with E-state index < -0.39 is 10.2 Å². The van der Waals surface area contributed by atoms with Crippen LogP contribution in [-0.4, -0.2) is 66.1 Å². The fourth-order valence-corrected chi connectivity index (χ4v) is 3.79. The molecule has 0 heterocycles. The van der Waals surface area contributed by atoms with E-state index in [1.807, 2.05) is 0 Å². The molecule has 110 valence electrons. The van der Waals surface area contributed by atoms with E-state index in [-0.39, 0.29) is 13.2 Å². The van der Waals surface area contributed by atoms with Gasteiger partial charge in [0.2, 0.25) is 0 Å². The second kappa shape index (κ2) is 9.38. The molecule has 0 saturated heterocycles. The summed E-state index contributed by atoms with van der Waals surface area (Å²) < 4.78 is 31.5. The largest absolute Gasteiger partial charge is 0.378 e. The lowest BCUT2D eigenvalue weighted by Gasteiger charge is -2.34. The van der Waals surface area contributed by atoms with Crippen molar-refractivity contribution in [1.82, 2.24) is 0 Å². The summed E-state index contributed by atoms with van der Waals surface area (Å²) in [7, 11) is 12.0. The molecular weight excluding hydrogens is 280 g/mol. The molecule has 0 spiro atoms. The molecule has 0 fully saturated rings. The minimum Gasteiger partial charge on any atom is -0.378 e. The van der Waals surface area contributed by atoms with E-state index >= 15 is 0 Å². The Hall–Kier alpha value is 0.460. The molecule has 0 N–H and O–H groups in total. The molecule has 0 amide bonds. The van der Waals surface area contributed by atoms with Crippen LogP contribution < -0.4 is 0 Å². The van der Waals surface area contributed by atoms with E-state index in [1.54, 1.807) is 42.7 Å². The Morgan fingerprint density at radius 2 is 0.889 bits per heavy atom. The summed E-state index contributed by atoms with van der Waals surface area (Å²) in [5, 5.41) is -1.84. The maximum atomic E-state index is 5.33. The predicted octanol–water partition coefficient (Wildman–Crippen LogP) is 1.55. The average molecular weight is 302 g/mol. The van der Waals surface area contributed by atoms with Gasteiger partial charge >= 0.3 is 0 Å². The standard InChI is InChI=1S/C10H22O6S2/c1-11-7-9(13-3,14-4)17-18-10(15-5,16-6)8-12-2/h7-8H2,1-6H3. The van der Waals surface area contributed by atoms with Crippen molar-refractivity contribution in [2.75, 3.05) is 55.9 Å². The lowest BCUT2D eigenvalue weighted by Crippen LogP contribution is -2.38. The topological polar surface area (TPSA) is 55.4 Å². The van der Waals surface area contributed by atoms with Gasteiger partial charge in [0, 0.05) is 42.7 Å². The molecule has 18 heavy (non-hydrogen) atoms. The number of rotatable bonds is 11. The highest BCUT2D eigenvalue weighted by atomic mass is 33.1. The van der Waals surface area contributed by atoms with Crippen LogP contribution in [0.1, 0.15) is 0 Å². The van der Waals surface area contributed by atoms with Gasteiger partial charge in [-0.15, -0.1) is 0 Å². The van der Waals surface area contributed by atoms with Gasteiger partial charge in [-0.1, -0.05) is 0 Å². The number of hydrogen-bond donors (Lipinski definition) is 0. The molecule has 8 heteroatoms. The summed E-state index contributed by atoms with van der Waals surface area (Å²) in [5.41, 5.74) is 0. The van der Waals surface area contributed by atoms with Gasteiger partial charge < -0.3 is 28.4 Å². The monoisotopic (exact) mass is 302 g/mol. The molecule has 0 rings (SSSR count). The number of ether oxygens (including phenoxy) is 6. The van der Waals surface area contributed by atoms with Crippen molar-refractivity contribution in [3.63, 3.8) is 0 Å². The quantitative estimate of drug-likeness (QED) is 0.421. The molecule has 0 aromatic rings. The Balaban J connectivity index is 4.64. The predicted molar refractivity (Wildman–Crippen MR) is 72.4 cm³/mol. The zero-order valence-electron chi connectivity index (χ0n) is 11.7. The minimum atomic E-state index is -0.921. The van der Waals surface area contributed by atoms with E-state index in [9.17, 15) is 0 Å². The normalized spacial score (nSPS) is 13.0. The third-order valence-corrected chi connectivity index (χ3v) is 5.45. The van der Waals surface area contributed by atoms with Crippen molar-refractivity contribution in [2.45, 2.75) is 10.2 Å². The smallest absolute Gasteiger partial charge is 0.252 e. The van der Waals surface area contributed by atoms with Crippen LogP contribution in [-0.2, 0) is 28.4 Å². The summed E-state index contributed by atoms with van der Waals surface area (Å²) in [4.78, 5) is 0. The van der Waals surface area contributed by atoms with E-state index in [4.69, 9.17) is 28.4 Å².